The summed E-state index contributed by atoms with van der Waals surface area (Å²) in [5, 5.41) is 3.34. The summed E-state index contributed by atoms with van der Waals surface area (Å²) >= 11 is 0. The van der Waals surface area contributed by atoms with Gasteiger partial charge in [0.1, 0.15) is 0 Å². The summed E-state index contributed by atoms with van der Waals surface area (Å²) in [6, 6.07) is 6.40. The van der Waals surface area contributed by atoms with Crippen LogP contribution in [0, 0.1) is 22.7 Å². The van der Waals surface area contributed by atoms with E-state index in [1.54, 1.807) is 14.0 Å². The molecular weight excluding hydrogens is 366 g/mol. The van der Waals surface area contributed by atoms with Crippen molar-refractivity contribution in [2.45, 2.75) is 72.1 Å². The van der Waals surface area contributed by atoms with Crippen LogP contribution in [0.5, 0.6) is 11.5 Å². The third-order valence-electron chi connectivity index (χ3n) is 7.73. The molecule has 3 fully saturated rings. The van der Waals surface area contributed by atoms with E-state index in [9.17, 15) is 4.79 Å². The average molecular weight is 402 g/mol. The van der Waals surface area contributed by atoms with Gasteiger partial charge in [-0.3, -0.25) is 4.79 Å². The number of nitrogens with one attached hydrogen (secondary N) is 1. The van der Waals surface area contributed by atoms with Crippen LogP contribution in [0.25, 0.3) is 0 Å². The second-order valence-electron chi connectivity index (χ2n) is 10.0. The molecule has 5 nitrogen and oxygen atoms in total. The molecule has 4 rings (SSSR count). The molecule has 2 aliphatic carbocycles. The van der Waals surface area contributed by atoms with E-state index in [1.165, 1.54) is 6.42 Å². The van der Waals surface area contributed by atoms with E-state index >= 15 is 0 Å². The number of carbonyl (C=O) groups is 1. The maximum atomic E-state index is 12.0. The Labute approximate surface area is 174 Å². The van der Waals surface area contributed by atoms with Crippen molar-refractivity contribution in [2.24, 2.45) is 22.7 Å². The molecule has 1 amide bonds. The van der Waals surface area contributed by atoms with E-state index in [0.29, 0.717) is 11.8 Å². The molecule has 2 bridgehead atoms. The Kier molecular flexibility index (Phi) is 5.09. The Morgan fingerprint density at radius 1 is 1.28 bits per heavy atom. The Bertz CT molecular complexity index is 789. The van der Waals surface area contributed by atoms with E-state index in [1.807, 2.05) is 19.9 Å². The van der Waals surface area contributed by atoms with Crippen molar-refractivity contribution in [1.29, 1.82) is 0 Å². The fourth-order valence-corrected chi connectivity index (χ4v) is 6.53. The summed E-state index contributed by atoms with van der Waals surface area (Å²) in [6.45, 7) is 11.1. The molecule has 0 radical (unpaired) electrons. The largest absolute Gasteiger partial charge is 0.493 e. The van der Waals surface area contributed by atoms with Crippen LogP contribution in [0.15, 0.2) is 18.2 Å². The van der Waals surface area contributed by atoms with Gasteiger partial charge in [-0.25, -0.2) is 0 Å². The first-order valence-electron chi connectivity index (χ1n) is 10.9. The lowest BCUT2D eigenvalue weighted by atomic mass is 9.59. The van der Waals surface area contributed by atoms with Crippen LogP contribution < -0.4 is 14.8 Å². The molecule has 1 aromatic carbocycles. The molecule has 1 saturated heterocycles. The number of amides is 1. The normalized spacial score (nSPS) is 34.7. The Balaban J connectivity index is 1.67. The minimum atomic E-state index is 0.0307. The highest BCUT2D eigenvalue weighted by Crippen LogP contribution is 2.70. The molecular formula is C24H35NO4. The molecule has 3 aliphatic rings. The quantitative estimate of drug-likeness (QED) is 0.789. The fraction of sp³-hybridized carbons (Fsp3) is 0.708. The predicted molar refractivity (Wildman–Crippen MR) is 112 cm³/mol. The van der Waals surface area contributed by atoms with Gasteiger partial charge < -0.3 is 19.5 Å². The van der Waals surface area contributed by atoms with Crippen LogP contribution >= 0.6 is 0 Å². The molecule has 5 atom stereocenters. The summed E-state index contributed by atoms with van der Waals surface area (Å²) < 4.78 is 17.9. The molecule has 0 unspecified atom stereocenters. The van der Waals surface area contributed by atoms with Gasteiger partial charge in [-0.15, -0.1) is 0 Å². The van der Waals surface area contributed by atoms with Crippen molar-refractivity contribution < 1.29 is 19.0 Å². The third-order valence-corrected chi connectivity index (χ3v) is 7.73. The first-order valence-corrected chi connectivity index (χ1v) is 10.9. The van der Waals surface area contributed by atoms with E-state index < -0.39 is 0 Å². The second kappa shape index (κ2) is 7.19. The fourth-order valence-electron chi connectivity index (χ4n) is 6.53. The maximum Gasteiger partial charge on any atom is 0.217 e. The van der Waals surface area contributed by atoms with Crippen molar-refractivity contribution in [3.8, 4) is 11.5 Å². The topological polar surface area (TPSA) is 56.8 Å². The van der Waals surface area contributed by atoms with E-state index in [-0.39, 0.29) is 35.0 Å². The van der Waals surface area contributed by atoms with Crippen molar-refractivity contribution in [3.63, 3.8) is 0 Å². The molecule has 1 aliphatic heterocycles. The summed E-state index contributed by atoms with van der Waals surface area (Å²) in [6.07, 6.45) is 3.48. The van der Waals surface area contributed by atoms with E-state index in [2.05, 4.69) is 31.3 Å². The van der Waals surface area contributed by atoms with Crippen molar-refractivity contribution in [1.82, 2.24) is 5.32 Å². The zero-order chi connectivity index (χ0) is 21.0. The SMILES string of the molecule is COc1cc([C@H]2OCC[C@@]34C[C@@H](C[C@H]23)C(C)(C)[C@@H]4NC(C)=O)ccc1OC(C)C. The molecule has 1 spiro atoms. The molecule has 0 aromatic heterocycles. The summed E-state index contributed by atoms with van der Waals surface area (Å²) in [4.78, 5) is 12.0. The average Bonchev–Trinajstić information content (AvgIpc) is 3.14. The highest BCUT2D eigenvalue weighted by Gasteiger charge is 2.68. The van der Waals surface area contributed by atoms with Gasteiger partial charge in [0.15, 0.2) is 11.5 Å². The first kappa shape index (κ1) is 20.5. The molecule has 2 saturated carbocycles. The standard InChI is InChI=1S/C24H35NO4/c1-14(2)29-19-8-7-16(11-20(19)27-6)21-18-12-17-13-24(18,9-10-28-21)22(23(17,4)5)25-15(3)26/h7-8,11,14,17-18,21-22H,9-10,12-13H2,1-6H3,(H,25,26)/t17-,18-,21-,22+,24-/m1/s1. The van der Waals surface area contributed by atoms with Gasteiger partial charge in [0.05, 0.1) is 19.3 Å². The van der Waals surface area contributed by atoms with Crippen LogP contribution in [0.2, 0.25) is 0 Å². The van der Waals surface area contributed by atoms with Crippen LogP contribution in [0.4, 0.5) is 0 Å². The predicted octanol–water partition coefficient (Wildman–Crippen LogP) is 4.50. The molecule has 1 N–H and O–H groups in total. The lowest BCUT2D eigenvalue weighted by molar-refractivity contribution is -0.136. The molecule has 1 aromatic rings. The number of ether oxygens (including phenoxy) is 3. The maximum absolute atomic E-state index is 12.0. The minimum Gasteiger partial charge on any atom is -0.493 e. The van der Waals surface area contributed by atoms with Gasteiger partial charge >= 0.3 is 0 Å². The van der Waals surface area contributed by atoms with Gasteiger partial charge in [0, 0.05) is 19.6 Å². The number of rotatable bonds is 5. The monoisotopic (exact) mass is 401 g/mol. The van der Waals surface area contributed by atoms with Crippen LogP contribution in [-0.2, 0) is 9.53 Å². The van der Waals surface area contributed by atoms with Crippen LogP contribution in [0.3, 0.4) is 0 Å². The second-order valence-corrected chi connectivity index (χ2v) is 10.0. The molecule has 1 heterocycles. The van der Waals surface area contributed by atoms with Crippen molar-refractivity contribution >= 4 is 5.91 Å². The lowest BCUT2D eigenvalue weighted by Crippen LogP contribution is -2.58. The van der Waals surface area contributed by atoms with Gasteiger partial charge in [-0.2, -0.15) is 0 Å². The highest BCUT2D eigenvalue weighted by atomic mass is 16.5. The van der Waals surface area contributed by atoms with E-state index in [0.717, 1.165) is 36.5 Å². The Hall–Kier alpha value is -1.75. The number of hydrogen-bond donors (Lipinski definition) is 1. The summed E-state index contributed by atoms with van der Waals surface area (Å²) in [7, 11) is 1.68. The zero-order valence-electron chi connectivity index (χ0n) is 18.6. The number of hydrogen-bond acceptors (Lipinski definition) is 4. The van der Waals surface area contributed by atoms with E-state index in [4.69, 9.17) is 14.2 Å². The van der Waals surface area contributed by atoms with Gasteiger partial charge in [-0.05, 0) is 73.5 Å². The number of fused-ring (bicyclic) bond motifs is 1. The third kappa shape index (κ3) is 3.22. The van der Waals surface area contributed by atoms with Crippen LogP contribution in [0.1, 0.15) is 65.5 Å². The van der Waals surface area contributed by atoms with Crippen molar-refractivity contribution in [3.05, 3.63) is 23.8 Å². The highest BCUT2D eigenvalue weighted by molar-refractivity contribution is 5.73. The number of carbonyl (C=O) groups excluding carboxylic acids is 1. The Morgan fingerprint density at radius 3 is 2.69 bits per heavy atom. The smallest absolute Gasteiger partial charge is 0.217 e. The lowest BCUT2D eigenvalue weighted by Gasteiger charge is -2.53. The van der Waals surface area contributed by atoms with Gasteiger partial charge in [-0.1, -0.05) is 19.9 Å². The van der Waals surface area contributed by atoms with Crippen LogP contribution in [-0.4, -0.2) is 31.8 Å². The number of methoxy groups -OCH3 is 1. The van der Waals surface area contributed by atoms with Gasteiger partial charge in [0.25, 0.3) is 0 Å². The number of benzene rings is 1. The zero-order valence-corrected chi connectivity index (χ0v) is 18.6. The summed E-state index contributed by atoms with van der Waals surface area (Å²) in [5.41, 5.74) is 1.38. The minimum absolute atomic E-state index is 0.0307. The Morgan fingerprint density at radius 2 is 2.03 bits per heavy atom. The molecule has 160 valence electrons. The molecule has 5 heteroatoms. The summed E-state index contributed by atoms with van der Waals surface area (Å²) in [5.74, 6) is 2.61. The van der Waals surface area contributed by atoms with Crippen molar-refractivity contribution in [2.75, 3.05) is 13.7 Å². The van der Waals surface area contributed by atoms with Gasteiger partial charge in [0.2, 0.25) is 5.91 Å². The molecule has 29 heavy (non-hydrogen) atoms. The first-order chi connectivity index (χ1) is 13.7.